The van der Waals surface area contributed by atoms with Crippen LogP contribution in [0.4, 0.5) is 0 Å². The number of phosphoric ester groups is 1. The van der Waals surface area contributed by atoms with Crippen LogP contribution < -0.4 is 0 Å². The van der Waals surface area contributed by atoms with Gasteiger partial charge in [-0.25, -0.2) is 4.57 Å². The van der Waals surface area contributed by atoms with Crippen LogP contribution >= 0.6 is 7.82 Å². The Balaban J connectivity index is 4.34. The molecule has 10 heteroatoms. The van der Waals surface area contributed by atoms with Crippen molar-refractivity contribution in [3.05, 3.63) is 194 Å². The van der Waals surface area contributed by atoms with E-state index in [2.05, 4.69) is 190 Å². The summed E-state index contributed by atoms with van der Waals surface area (Å²) >= 11 is 0. The zero-order chi connectivity index (χ0) is 55.6. The zero-order valence-corrected chi connectivity index (χ0v) is 48.5. The van der Waals surface area contributed by atoms with Crippen molar-refractivity contribution in [3.8, 4) is 0 Å². The van der Waals surface area contributed by atoms with Crippen molar-refractivity contribution < 1.29 is 42.1 Å². The molecule has 0 radical (unpaired) electrons. The van der Waals surface area contributed by atoms with Crippen LogP contribution in [0.3, 0.4) is 0 Å². The number of quaternary nitrogens is 1. The van der Waals surface area contributed by atoms with E-state index in [0.717, 1.165) is 116 Å². The minimum Gasteiger partial charge on any atom is -0.461 e. The summed E-state index contributed by atoms with van der Waals surface area (Å²) in [6.07, 6.45) is 86.9. The number of nitrogens with zero attached hydrogens (tertiary/aromatic N) is 1. The normalized spacial score (nSPS) is 14.8. The average molecular weight is 1070 g/mol. The van der Waals surface area contributed by atoms with Crippen molar-refractivity contribution in [1.29, 1.82) is 0 Å². The Bertz CT molecular complexity index is 1980. The standard InChI is InChI=1S/C66H100NO8P/c1-6-8-10-12-14-16-18-20-22-23-24-25-26-27-28-29-30-31-32-33-34-35-36-37-38-39-40-41-42-43-45-47-49-51-53-55-57-59-66(69)75-64(63-74-76(70,71)73-61-60-67(3,4)5)62-72-65(68)58-56-54-52-50-48-46-44-21-19-17-15-13-11-9-7-2/h8-11,14-17,20-22,24-25,27-28,30-31,33-34,36-37,39-40,42-44,47-50,54,56,64H,6-7,12-13,18-19,23,26,29,32,35,38,41,45-46,51-53,55,57-63H2,1-5H3/p+1/b10-8-,11-9-,16-14-,17-15-,22-20-,25-24-,28-27-,31-30-,34-33-,37-36-,40-39-,43-42-,44-21-,49-47-,50-48-,56-54-. The van der Waals surface area contributed by atoms with E-state index < -0.39 is 32.5 Å². The van der Waals surface area contributed by atoms with Crippen LogP contribution in [0.25, 0.3) is 0 Å². The summed E-state index contributed by atoms with van der Waals surface area (Å²) in [5, 5.41) is 0. The van der Waals surface area contributed by atoms with Gasteiger partial charge in [-0.15, -0.1) is 0 Å². The lowest BCUT2D eigenvalue weighted by Gasteiger charge is -2.24. The molecule has 0 aliphatic rings. The number of rotatable bonds is 48. The predicted molar refractivity (Wildman–Crippen MR) is 325 cm³/mol. The fourth-order valence-electron chi connectivity index (χ4n) is 6.38. The topological polar surface area (TPSA) is 108 Å². The van der Waals surface area contributed by atoms with Gasteiger partial charge in [0.05, 0.1) is 34.2 Å². The molecule has 0 amide bonds. The molecule has 0 saturated heterocycles. The highest BCUT2D eigenvalue weighted by Gasteiger charge is 2.27. The second-order valence-corrected chi connectivity index (χ2v) is 20.3. The van der Waals surface area contributed by atoms with Crippen LogP contribution in [0.5, 0.6) is 0 Å². The molecular formula is C66H101NO8P+. The van der Waals surface area contributed by atoms with E-state index >= 15 is 0 Å². The summed E-state index contributed by atoms with van der Waals surface area (Å²) in [6.45, 7) is 3.99. The highest BCUT2D eigenvalue weighted by molar-refractivity contribution is 7.47. The van der Waals surface area contributed by atoms with Gasteiger partial charge >= 0.3 is 19.8 Å². The molecule has 0 saturated carbocycles. The minimum absolute atomic E-state index is 0.000725. The Kier molecular flexibility index (Phi) is 50.9. The van der Waals surface area contributed by atoms with Crippen molar-refractivity contribution in [1.82, 2.24) is 0 Å². The molecule has 2 atom stereocenters. The largest absolute Gasteiger partial charge is 0.472 e. The van der Waals surface area contributed by atoms with Crippen molar-refractivity contribution >= 4 is 19.8 Å². The van der Waals surface area contributed by atoms with Crippen molar-refractivity contribution in [2.45, 2.75) is 161 Å². The first-order chi connectivity index (χ1) is 37.0. The minimum atomic E-state index is -4.43. The number of ether oxygens (including phenoxy) is 2. The smallest absolute Gasteiger partial charge is 0.461 e. The summed E-state index contributed by atoms with van der Waals surface area (Å²) in [5.41, 5.74) is 0. The number of phosphoric acid groups is 1. The maximum atomic E-state index is 12.8. The summed E-state index contributed by atoms with van der Waals surface area (Å²) in [6, 6.07) is 0. The number of likely N-dealkylation sites (N-methyl/N-ethyl adjacent to an activating group) is 1. The fraction of sp³-hybridized carbons (Fsp3) is 0.485. The lowest BCUT2D eigenvalue weighted by molar-refractivity contribution is -0.870. The Morgan fingerprint density at radius 2 is 0.750 bits per heavy atom. The quantitative estimate of drug-likeness (QED) is 0.0211. The summed E-state index contributed by atoms with van der Waals surface area (Å²) in [7, 11) is 1.37. The molecular weight excluding hydrogens is 966 g/mol. The van der Waals surface area contributed by atoms with Crippen LogP contribution in [0.2, 0.25) is 0 Å². The molecule has 0 heterocycles. The van der Waals surface area contributed by atoms with Crippen LogP contribution in [-0.4, -0.2) is 74.9 Å². The Hall–Kier alpha value is -5.15. The first-order valence-corrected chi connectivity index (χ1v) is 29.7. The van der Waals surface area contributed by atoms with Crippen LogP contribution in [0.15, 0.2) is 194 Å². The molecule has 0 spiro atoms. The molecule has 0 fully saturated rings. The Labute approximate surface area is 463 Å². The third-order valence-corrected chi connectivity index (χ3v) is 11.6. The number of carbonyl (C=O) groups is 2. The third-order valence-electron chi connectivity index (χ3n) is 10.7. The number of hydrogen-bond acceptors (Lipinski definition) is 7. The third kappa shape index (κ3) is 58.1. The van der Waals surface area contributed by atoms with Crippen LogP contribution in [0.1, 0.15) is 155 Å². The molecule has 9 nitrogen and oxygen atoms in total. The van der Waals surface area contributed by atoms with Gasteiger partial charge in [0.25, 0.3) is 0 Å². The molecule has 2 unspecified atom stereocenters. The zero-order valence-electron chi connectivity index (χ0n) is 47.6. The van der Waals surface area contributed by atoms with E-state index in [4.69, 9.17) is 18.5 Å². The average Bonchev–Trinajstić information content (AvgIpc) is 3.38. The molecule has 0 aliphatic heterocycles. The van der Waals surface area contributed by atoms with Crippen LogP contribution in [-0.2, 0) is 32.7 Å². The maximum absolute atomic E-state index is 12.8. The molecule has 0 bridgehead atoms. The van der Waals surface area contributed by atoms with Gasteiger partial charge in [-0.1, -0.05) is 215 Å². The lowest BCUT2D eigenvalue weighted by atomic mass is 10.1. The highest BCUT2D eigenvalue weighted by atomic mass is 31.2. The summed E-state index contributed by atoms with van der Waals surface area (Å²) < 4.78 is 34.3. The summed E-state index contributed by atoms with van der Waals surface area (Å²) in [4.78, 5) is 35.5. The molecule has 0 aromatic carbocycles. The summed E-state index contributed by atoms with van der Waals surface area (Å²) in [5.74, 6) is -1.01. The van der Waals surface area contributed by atoms with Gasteiger partial charge < -0.3 is 18.9 Å². The molecule has 0 aromatic rings. The van der Waals surface area contributed by atoms with E-state index in [1.165, 1.54) is 0 Å². The monoisotopic (exact) mass is 1070 g/mol. The number of hydrogen-bond donors (Lipinski definition) is 1. The van der Waals surface area contributed by atoms with Crippen molar-refractivity contribution in [2.75, 3.05) is 47.5 Å². The first-order valence-electron chi connectivity index (χ1n) is 28.2. The molecule has 422 valence electrons. The molecule has 0 aromatic heterocycles. The van der Waals surface area contributed by atoms with Crippen molar-refractivity contribution in [2.24, 2.45) is 0 Å². The lowest BCUT2D eigenvalue weighted by Crippen LogP contribution is -2.37. The van der Waals surface area contributed by atoms with Gasteiger partial charge in [0.1, 0.15) is 19.8 Å². The molecule has 0 aliphatic carbocycles. The van der Waals surface area contributed by atoms with Gasteiger partial charge in [-0.05, 0) is 122 Å². The number of esters is 2. The van der Waals surface area contributed by atoms with E-state index in [1.807, 2.05) is 33.3 Å². The number of carbonyl (C=O) groups excluding carboxylic acids is 2. The second-order valence-electron chi connectivity index (χ2n) is 18.9. The van der Waals surface area contributed by atoms with Gasteiger partial charge in [0, 0.05) is 6.42 Å². The maximum Gasteiger partial charge on any atom is 0.472 e. The molecule has 1 N–H and O–H groups in total. The van der Waals surface area contributed by atoms with E-state index in [1.54, 1.807) is 6.08 Å². The predicted octanol–water partition coefficient (Wildman–Crippen LogP) is 17.8. The first kappa shape index (κ1) is 70.8. The number of allylic oxidation sites excluding steroid dienone is 31. The second kappa shape index (κ2) is 54.6. The van der Waals surface area contributed by atoms with E-state index in [9.17, 15) is 19.0 Å². The van der Waals surface area contributed by atoms with Gasteiger partial charge in [-0.3, -0.25) is 18.6 Å². The van der Waals surface area contributed by atoms with Crippen molar-refractivity contribution in [3.63, 3.8) is 0 Å². The molecule has 0 rings (SSSR count). The van der Waals surface area contributed by atoms with Crippen LogP contribution in [0, 0.1) is 0 Å². The fourth-order valence-corrected chi connectivity index (χ4v) is 7.13. The molecule has 76 heavy (non-hydrogen) atoms. The van der Waals surface area contributed by atoms with Gasteiger partial charge in [0.2, 0.25) is 0 Å². The Morgan fingerprint density at radius 3 is 1.09 bits per heavy atom. The van der Waals surface area contributed by atoms with E-state index in [0.29, 0.717) is 23.9 Å². The SMILES string of the molecule is CC/C=C\C/C=C\C/C=C\C/C=C\C/C=C\C/C=C\C/C=C\C/C=C\C/C=C\C/C=C\C/C=C\CCCCCC(=O)OC(COC(=O)C/C=C\C/C=C\C/C=C\C/C=C\C/C=C\CC)COP(=O)(O)OCC[N+](C)(C)C. The van der Waals surface area contributed by atoms with Gasteiger partial charge in [-0.2, -0.15) is 0 Å². The number of unbranched alkanes of at least 4 members (excludes halogenated alkanes) is 3. The van der Waals surface area contributed by atoms with E-state index in [-0.39, 0.29) is 26.1 Å². The van der Waals surface area contributed by atoms with Gasteiger partial charge in [0.15, 0.2) is 6.10 Å². The highest BCUT2D eigenvalue weighted by Crippen LogP contribution is 2.43. The Morgan fingerprint density at radius 1 is 0.421 bits per heavy atom.